The number of carbonyl (C=O) groups is 1. The Hall–Kier alpha value is -2.96. The fraction of sp³-hybridized carbons (Fsp3) is 0.200. The van der Waals surface area contributed by atoms with Gasteiger partial charge in [0.25, 0.3) is 5.91 Å². The number of benzene rings is 1. The van der Waals surface area contributed by atoms with Gasteiger partial charge in [-0.1, -0.05) is 0 Å². The number of nitrogens with two attached hydrogens (primary N) is 1. The molecule has 3 N–H and O–H groups in total. The number of nitrogens with zero attached hydrogens (tertiary/aromatic N) is 1. The van der Waals surface area contributed by atoms with Gasteiger partial charge in [-0.3, -0.25) is 4.79 Å². The number of carbonyl (C=O) groups excluding carboxylic acids is 1. The normalized spacial score (nSPS) is 9.95. The van der Waals surface area contributed by atoms with Crippen molar-refractivity contribution in [3.05, 3.63) is 36.0 Å². The summed E-state index contributed by atoms with van der Waals surface area (Å²) < 4.78 is 15.7. The molecule has 0 saturated heterocycles. The summed E-state index contributed by atoms with van der Waals surface area (Å²) in [5.74, 6) is 1.09. The van der Waals surface area contributed by atoms with Gasteiger partial charge in [0.05, 0.1) is 27.0 Å². The molecule has 0 aliphatic carbocycles. The van der Waals surface area contributed by atoms with Crippen molar-refractivity contribution in [1.82, 2.24) is 4.98 Å². The average molecular weight is 303 g/mol. The molecule has 7 nitrogen and oxygen atoms in total. The predicted molar refractivity (Wildman–Crippen MR) is 82.7 cm³/mol. The van der Waals surface area contributed by atoms with Crippen molar-refractivity contribution in [1.29, 1.82) is 0 Å². The second-order valence-electron chi connectivity index (χ2n) is 4.30. The standard InChI is InChI=1S/C15H17N3O4/c1-20-11-7-9(8-12(21-2)13(11)22-3)15(19)18-10-5-4-6-17-14(10)16/h4-8H,1-3H3,(H2,16,17)(H,18,19). The summed E-state index contributed by atoms with van der Waals surface area (Å²) in [5, 5.41) is 2.69. The number of anilines is 2. The molecule has 0 bridgehead atoms. The van der Waals surface area contributed by atoms with Crippen LogP contribution in [0.5, 0.6) is 17.2 Å². The Bertz CT molecular complexity index is 663. The molecule has 7 heteroatoms. The van der Waals surface area contributed by atoms with E-state index in [9.17, 15) is 4.79 Å². The molecule has 2 rings (SSSR count). The zero-order valence-corrected chi connectivity index (χ0v) is 12.5. The minimum Gasteiger partial charge on any atom is -0.493 e. The molecule has 1 heterocycles. The van der Waals surface area contributed by atoms with Crippen molar-refractivity contribution in [2.75, 3.05) is 32.4 Å². The number of nitrogen functional groups attached to an aromatic ring is 1. The lowest BCUT2D eigenvalue weighted by Gasteiger charge is -2.14. The van der Waals surface area contributed by atoms with E-state index in [0.717, 1.165) is 0 Å². The molecule has 0 unspecified atom stereocenters. The van der Waals surface area contributed by atoms with Gasteiger partial charge in [-0.15, -0.1) is 0 Å². The van der Waals surface area contributed by atoms with Crippen LogP contribution in [-0.2, 0) is 0 Å². The number of pyridine rings is 1. The van der Waals surface area contributed by atoms with Gasteiger partial charge in [-0.2, -0.15) is 0 Å². The highest BCUT2D eigenvalue weighted by Gasteiger charge is 2.17. The fourth-order valence-corrected chi connectivity index (χ4v) is 1.93. The van der Waals surface area contributed by atoms with E-state index in [2.05, 4.69) is 10.3 Å². The van der Waals surface area contributed by atoms with Gasteiger partial charge >= 0.3 is 0 Å². The lowest BCUT2D eigenvalue weighted by atomic mass is 10.1. The molecule has 0 radical (unpaired) electrons. The fourth-order valence-electron chi connectivity index (χ4n) is 1.93. The topological polar surface area (TPSA) is 95.7 Å². The third-order valence-electron chi connectivity index (χ3n) is 3.01. The highest BCUT2D eigenvalue weighted by molar-refractivity contribution is 6.06. The highest BCUT2D eigenvalue weighted by Crippen LogP contribution is 2.38. The third-order valence-corrected chi connectivity index (χ3v) is 3.01. The Morgan fingerprint density at radius 3 is 2.27 bits per heavy atom. The Labute approximate surface area is 128 Å². The Balaban J connectivity index is 2.36. The molecular formula is C15H17N3O4. The van der Waals surface area contributed by atoms with Crippen LogP contribution in [0.4, 0.5) is 11.5 Å². The van der Waals surface area contributed by atoms with Crippen molar-refractivity contribution in [3.8, 4) is 17.2 Å². The molecule has 1 aromatic carbocycles. The van der Waals surface area contributed by atoms with Gasteiger partial charge in [0, 0.05) is 11.8 Å². The van der Waals surface area contributed by atoms with E-state index in [-0.39, 0.29) is 11.7 Å². The van der Waals surface area contributed by atoms with Crippen LogP contribution in [0.25, 0.3) is 0 Å². The van der Waals surface area contributed by atoms with Gasteiger partial charge in [0.2, 0.25) is 5.75 Å². The van der Waals surface area contributed by atoms with Crippen molar-refractivity contribution in [2.45, 2.75) is 0 Å². The van der Waals surface area contributed by atoms with Gasteiger partial charge in [0.15, 0.2) is 11.5 Å². The van der Waals surface area contributed by atoms with Crippen LogP contribution in [0.1, 0.15) is 10.4 Å². The summed E-state index contributed by atoms with van der Waals surface area (Å²) >= 11 is 0. The summed E-state index contributed by atoms with van der Waals surface area (Å²) in [4.78, 5) is 16.3. The van der Waals surface area contributed by atoms with Crippen LogP contribution in [0.2, 0.25) is 0 Å². The predicted octanol–water partition coefficient (Wildman–Crippen LogP) is 1.94. The van der Waals surface area contributed by atoms with Gasteiger partial charge in [0.1, 0.15) is 5.82 Å². The van der Waals surface area contributed by atoms with E-state index in [1.165, 1.54) is 21.3 Å². The number of amides is 1. The SMILES string of the molecule is COc1cc(C(=O)Nc2cccnc2N)cc(OC)c1OC. The monoisotopic (exact) mass is 303 g/mol. The van der Waals surface area contributed by atoms with E-state index in [4.69, 9.17) is 19.9 Å². The van der Waals surface area contributed by atoms with Gasteiger partial charge < -0.3 is 25.3 Å². The Morgan fingerprint density at radius 2 is 1.77 bits per heavy atom. The molecule has 0 spiro atoms. The number of nitrogens with one attached hydrogen (secondary N) is 1. The van der Waals surface area contributed by atoms with E-state index < -0.39 is 0 Å². The summed E-state index contributed by atoms with van der Waals surface area (Å²) in [7, 11) is 4.46. The lowest BCUT2D eigenvalue weighted by Crippen LogP contribution is -2.14. The number of ether oxygens (including phenoxy) is 3. The largest absolute Gasteiger partial charge is 0.493 e. The summed E-state index contributed by atoms with van der Waals surface area (Å²) in [6.07, 6.45) is 1.55. The Kier molecular flexibility index (Phi) is 4.67. The molecule has 0 aliphatic rings. The van der Waals surface area contributed by atoms with Crippen LogP contribution in [-0.4, -0.2) is 32.2 Å². The quantitative estimate of drug-likeness (QED) is 0.876. The molecular weight excluding hydrogens is 286 g/mol. The molecule has 0 saturated carbocycles. The van der Waals surface area contributed by atoms with Crippen LogP contribution >= 0.6 is 0 Å². The average Bonchev–Trinajstić information content (AvgIpc) is 2.55. The zero-order valence-electron chi connectivity index (χ0n) is 12.5. The van der Waals surface area contributed by atoms with Crippen LogP contribution in [0, 0.1) is 0 Å². The van der Waals surface area contributed by atoms with Crippen molar-refractivity contribution < 1.29 is 19.0 Å². The summed E-state index contributed by atoms with van der Waals surface area (Å²) in [5.41, 5.74) is 6.49. The first kappa shape index (κ1) is 15.4. The van der Waals surface area contributed by atoms with E-state index >= 15 is 0 Å². The number of rotatable bonds is 5. The maximum absolute atomic E-state index is 12.4. The first-order chi connectivity index (χ1) is 10.6. The van der Waals surface area contributed by atoms with Crippen LogP contribution in [0.3, 0.4) is 0 Å². The molecule has 2 aromatic rings. The third kappa shape index (κ3) is 3.03. The molecule has 22 heavy (non-hydrogen) atoms. The van der Waals surface area contributed by atoms with E-state index in [1.54, 1.807) is 30.5 Å². The minimum atomic E-state index is -0.362. The number of aromatic nitrogens is 1. The molecule has 1 aromatic heterocycles. The second-order valence-corrected chi connectivity index (χ2v) is 4.30. The second kappa shape index (κ2) is 6.66. The van der Waals surface area contributed by atoms with Crippen LogP contribution in [0.15, 0.2) is 30.5 Å². The van der Waals surface area contributed by atoms with Gasteiger partial charge in [-0.05, 0) is 24.3 Å². The first-order valence-electron chi connectivity index (χ1n) is 6.42. The highest BCUT2D eigenvalue weighted by atomic mass is 16.5. The molecule has 0 fully saturated rings. The molecule has 1 amide bonds. The maximum atomic E-state index is 12.4. The number of hydrogen-bond acceptors (Lipinski definition) is 6. The minimum absolute atomic E-state index is 0.239. The van der Waals surface area contributed by atoms with E-state index in [0.29, 0.717) is 28.5 Å². The van der Waals surface area contributed by atoms with Crippen molar-refractivity contribution in [2.24, 2.45) is 0 Å². The first-order valence-corrected chi connectivity index (χ1v) is 6.42. The zero-order chi connectivity index (χ0) is 16.1. The Morgan fingerprint density at radius 1 is 1.14 bits per heavy atom. The molecule has 0 atom stereocenters. The van der Waals surface area contributed by atoms with Crippen LogP contribution < -0.4 is 25.3 Å². The maximum Gasteiger partial charge on any atom is 0.256 e. The van der Waals surface area contributed by atoms with E-state index in [1.807, 2.05) is 0 Å². The number of hydrogen-bond donors (Lipinski definition) is 2. The smallest absolute Gasteiger partial charge is 0.256 e. The molecule has 0 aliphatic heterocycles. The van der Waals surface area contributed by atoms with Crippen molar-refractivity contribution >= 4 is 17.4 Å². The summed E-state index contributed by atoms with van der Waals surface area (Å²) in [6, 6.07) is 6.46. The van der Waals surface area contributed by atoms with Gasteiger partial charge in [-0.25, -0.2) is 4.98 Å². The van der Waals surface area contributed by atoms with Crippen molar-refractivity contribution in [3.63, 3.8) is 0 Å². The number of methoxy groups -OCH3 is 3. The molecule has 116 valence electrons. The lowest BCUT2D eigenvalue weighted by molar-refractivity contribution is 0.102. The summed E-state index contributed by atoms with van der Waals surface area (Å²) in [6.45, 7) is 0.